The van der Waals surface area contributed by atoms with Crippen LogP contribution in [0.25, 0.3) is 6.08 Å². The molecule has 2 rings (SSSR count). The third-order valence-corrected chi connectivity index (χ3v) is 2.94. The number of ether oxygens (including phenoxy) is 1. The van der Waals surface area contributed by atoms with Crippen molar-refractivity contribution >= 4 is 12.0 Å². The van der Waals surface area contributed by atoms with Gasteiger partial charge in [-0.25, -0.2) is 4.79 Å². The van der Waals surface area contributed by atoms with E-state index in [0.717, 1.165) is 6.54 Å². The molecule has 0 aliphatic carbocycles. The van der Waals surface area contributed by atoms with Crippen LogP contribution >= 0.6 is 0 Å². The van der Waals surface area contributed by atoms with Gasteiger partial charge in [0.25, 0.3) is 0 Å². The van der Waals surface area contributed by atoms with E-state index in [0.29, 0.717) is 18.9 Å². The van der Waals surface area contributed by atoms with Crippen molar-refractivity contribution in [1.82, 2.24) is 4.90 Å². The molecule has 0 fully saturated rings. The third kappa shape index (κ3) is 5.67. The van der Waals surface area contributed by atoms with Gasteiger partial charge in [-0.05, 0) is 30.8 Å². The van der Waals surface area contributed by atoms with Crippen molar-refractivity contribution in [1.29, 1.82) is 0 Å². The van der Waals surface area contributed by atoms with E-state index in [1.54, 1.807) is 24.5 Å². The van der Waals surface area contributed by atoms with Crippen LogP contribution in [0.3, 0.4) is 0 Å². The van der Waals surface area contributed by atoms with Gasteiger partial charge in [-0.15, -0.1) is 0 Å². The molecule has 0 unspecified atom stereocenters. The minimum Gasteiger partial charge on any atom is -0.465 e. The summed E-state index contributed by atoms with van der Waals surface area (Å²) in [5.74, 6) is 0.271. The monoisotopic (exact) mass is 285 g/mol. The van der Waals surface area contributed by atoms with Crippen LogP contribution in [0, 0.1) is 0 Å². The Morgan fingerprint density at radius 3 is 2.76 bits per heavy atom. The van der Waals surface area contributed by atoms with E-state index in [1.807, 2.05) is 25.2 Å². The van der Waals surface area contributed by atoms with Crippen LogP contribution in [0.1, 0.15) is 11.3 Å². The van der Waals surface area contributed by atoms with E-state index in [1.165, 1.54) is 11.6 Å². The molecule has 4 nitrogen and oxygen atoms in total. The highest BCUT2D eigenvalue weighted by atomic mass is 16.5. The van der Waals surface area contributed by atoms with Crippen LogP contribution in [0.4, 0.5) is 0 Å². The first-order valence-electron chi connectivity index (χ1n) is 6.85. The smallest absolute Gasteiger partial charge is 0.330 e. The molecule has 0 aliphatic heterocycles. The molecule has 2 aromatic rings. The van der Waals surface area contributed by atoms with Crippen LogP contribution in [0.5, 0.6) is 0 Å². The number of likely N-dealkylation sites (N-methyl/N-ethyl adjacent to an activating group) is 1. The maximum absolute atomic E-state index is 11.5. The van der Waals surface area contributed by atoms with Crippen LogP contribution in [-0.4, -0.2) is 31.1 Å². The third-order valence-electron chi connectivity index (χ3n) is 2.94. The van der Waals surface area contributed by atoms with E-state index in [2.05, 4.69) is 17.0 Å². The fourth-order valence-electron chi connectivity index (χ4n) is 1.86. The Balaban J connectivity index is 1.65. The van der Waals surface area contributed by atoms with Crippen molar-refractivity contribution in [3.05, 3.63) is 66.1 Å². The lowest BCUT2D eigenvalue weighted by Crippen LogP contribution is -2.23. The van der Waals surface area contributed by atoms with Crippen LogP contribution in [0.15, 0.2) is 59.2 Å². The molecule has 1 aromatic carbocycles. The Morgan fingerprint density at radius 2 is 2.05 bits per heavy atom. The zero-order valence-corrected chi connectivity index (χ0v) is 12.1. The minimum atomic E-state index is -0.362. The van der Waals surface area contributed by atoms with Gasteiger partial charge in [0.2, 0.25) is 0 Å². The topological polar surface area (TPSA) is 42.7 Å². The Labute approximate surface area is 124 Å². The number of esters is 1. The summed E-state index contributed by atoms with van der Waals surface area (Å²) in [6.45, 7) is 1.89. The molecule has 1 heterocycles. The van der Waals surface area contributed by atoms with Crippen molar-refractivity contribution in [3.63, 3.8) is 0 Å². The fourth-order valence-corrected chi connectivity index (χ4v) is 1.86. The highest BCUT2D eigenvalue weighted by Crippen LogP contribution is 2.03. The summed E-state index contributed by atoms with van der Waals surface area (Å²) in [7, 11) is 2.00. The molecule has 0 spiro atoms. The second-order valence-electron chi connectivity index (χ2n) is 4.74. The number of benzene rings is 1. The summed E-state index contributed by atoms with van der Waals surface area (Å²) in [5, 5.41) is 0. The molecule has 21 heavy (non-hydrogen) atoms. The molecule has 1 aromatic heterocycles. The quantitative estimate of drug-likeness (QED) is 0.579. The molecular formula is C17H19NO3. The summed E-state index contributed by atoms with van der Waals surface area (Å²) < 4.78 is 10.2. The van der Waals surface area contributed by atoms with Gasteiger partial charge in [-0.1, -0.05) is 30.3 Å². The first-order chi connectivity index (χ1) is 10.2. The lowest BCUT2D eigenvalue weighted by molar-refractivity contribution is -0.138. The number of carbonyl (C=O) groups is 1. The number of nitrogens with zero attached hydrogens (tertiary/aromatic N) is 1. The predicted molar refractivity (Wildman–Crippen MR) is 81.5 cm³/mol. The summed E-state index contributed by atoms with van der Waals surface area (Å²) in [5.41, 5.74) is 1.24. The number of hydrogen-bond acceptors (Lipinski definition) is 4. The maximum Gasteiger partial charge on any atom is 0.330 e. The molecule has 0 saturated heterocycles. The molecular weight excluding hydrogens is 266 g/mol. The van der Waals surface area contributed by atoms with Gasteiger partial charge in [-0.2, -0.15) is 0 Å². The van der Waals surface area contributed by atoms with E-state index in [-0.39, 0.29) is 5.97 Å². The zero-order chi connectivity index (χ0) is 14.9. The molecule has 4 heteroatoms. The Hall–Kier alpha value is -2.33. The molecule has 0 saturated carbocycles. The van der Waals surface area contributed by atoms with Crippen LogP contribution < -0.4 is 0 Å². The number of carbonyl (C=O) groups excluding carboxylic acids is 1. The van der Waals surface area contributed by atoms with E-state index in [9.17, 15) is 4.79 Å². The molecule has 0 aliphatic rings. The van der Waals surface area contributed by atoms with Crippen molar-refractivity contribution < 1.29 is 13.9 Å². The first kappa shape index (κ1) is 15.1. The Kier molecular flexibility index (Phi) is 5.79. The summed E-state index contributed by atoms with van der Waals surface area (Å²) in [6, 6.07) is 13.7. The average Bonchev–Trinajstić information content (AvgIpc) is 2.99. The Morgan fingerprint density at radius 1 is 1.24 bits per heavy atom. The minimum absolute atomic E-state index is 0.362. The van der Waals surface area contributed by atoms with E-state index >= 15 is 0 Å². The number of hydrogen-bond donors (Lipinski definition) is 0. The van der Waals surface area contributed by atoms with E-state index < -0.39 is 0 Å². The van der Waals surface area contributed by atoms with Gasteiger partial charge in [0.05, 0.1) is 6.26 Å². The van der Waals surface area contributed by atoms with Gasteiger partial charge in [0.15, 0.2) is 0 Å². The highest BCUT2D eigenvalue weighted by molar-refractivity contribution is 5.86. The highest BCUT2D eigenvalue weighted by Gasteiger charge is 2.02. The summed E-state index contributed by atoms with van der Waals surface area (Å²) >= 11 is 0. The number of furan rings is 1. The van der Waals surface area contributed by atoms with Crippen LogP contribution in [-0.2, 0) is 16.1 Å². The van der Waals surface area contributed by atoms with Gasteiger partial charge >= 0.3 is 5.97 Å². The molecule has 0 bridgehead atoms. The summed E-state index contributed by atoms with van der Waals surface area (Å²) in [6.07, 6.45) is 4.52. The van der Waals surface area contributed by atoms with Gasteiger partial charge < -0.3 is 9.15 Å². The maximum atomic E-state index is 11.5. The SMILES string of the molecule is CN(CCOC(=O)/C=C/c1ccco1)Cc1ccccc1. The molecule has 0 amide bonds. The van der Waals surface area contributed by atoms with Crippen molar-refractivity contribution in [2.45, 2.75) is 6.54 Å². The van der Waals surface area contributed by atoms with Crippen molar-refractivity contribution in [3.8, 4) is 0 Å². The number of rotatable bonds is 7. The fraction of sp³-hybridized carbons (Fsp3) is 0.235. The predicted octanol–water partition coefficient (Wildman–Crippen LogP) is 2.97. The normalized spacial score (nSPS) is 11.1. The lowest BCUT2D eigenvalue weighted by atomic mass is 10.2. The van der Waals surface area contributed by atoms with Gasteiger partial charge in [0.1, 0.15) is 12.4 Å². The largest absolute Gasteiger partial charge is 0.465 e. The van der Waals surface area contributed by atoms with Crippen molar-refractivity contribution in [2.75, 3.05) is 20.2 Å². The molecule has 110 valence electrons. The molecule has 0 radical (unpaired) electrons. The second-order valence-corrected chi connectivity index (χ2v) is 4.74. The van der Waals surface area contributed by atoms with Crippen molar-refractivity contribution in [2.24, 2.45) is 0 Å². The molecule has 0 N–H and O–H groups in total. The molecule has 0 atom stereocenters. The van der Waals surface area contributed by atoms with Gasteiger partial charge in [0, 0.05) is 19.2 Å². The van der Waals surface area contributed by atoms with E-state index in [4.69, 9.17) is 9.15 Å². The van der Waals surface area contributed by atoms with Gasteiger partial charge in [-0.3, -0.25) is 4.90 Å². The standard InChI is InChI=1S/C17H19NO3/c1-18(14-15-6-3-2-4-7-15)11-13-21-17(19)10-9-16-8-5-12-20-16/h2-10,12H,11,13-14H2,1H3/b10-9+. The first-order valence-corrected chi connectivity index (χ1v) is 6.85. The lowest BCUT2D eigenvalue weighted by Gasteiger charge is -2.16. The average molecular weight is 285 g/mol. The van der Waals surface area contributed by atoms with Crippen LogP contribution in [0.2, 0.25) is 0 Å². The Bertz CT molecular complexity index is 561. The second kappa shape index (κ2) is 8.07. The zero-order valence-electron chi connectivity index (χ0n) is 12.1. The summed E-state index contributed by atoms with van der Waals surface area (Å²) in [4.78, 5) is 13.6.